The van der Waals surface area contributed by atoms with Gasteiger partial charge in [0.2, 0.25) is 5.89 Å². The topological polar surface area (TPSA) is 61.3 Å². The second-order valence-corrected chi connectivity index (χ2v) is 5.10. The molecule has 0 aliphatic carbocycles. The number of fused-ring (bicyclic) bond motifs is 2. The number of para-hydroxylation sites is 1. The molecule has 2 N–H and O–H groups in total. The number of hydrogen-bond donors (Lipinski definition) is 1. The standard InChI is InChI=1S/C16H14N2O2/c17-12-5-6-13-15(8-12)20-16(18-13)11-7-10-3-1-2-4-14(10)19-9-11/h1-6,8,11H,7,9,17H2. The van der Waals surface area contributed by atoms with Crippen molar-refractivity contribution in [2.24, 2.45) is 0 Å². The van der Waals surface area contributed by atoms with Crippen LogP contribution in [-0.4, -0.2) is 11.6 Å². The van der Waals surface area contributed by atoms with Gasteiger partial charge in [0.05, 0.1) is 5.92 Å². The van der Waals surface area contributed by atoms with E-state index in [0.29, 0.717) is 12.3 Å². The predicted octanol–water partition coefficient (Wildman–Crippen LogP) is 3.13. The highest BCUT2D eigenvalue weighted by molar-refractivity contribution is 5.76. The van der Waals surface area contributed by atoms with E-state index in [4.69, 9.17) is 14.9 Å². The van der Waals surface area contributed by atoms with E-state index in [9.17, 15) is 0 Å². The minimum Gasteiger partial charge on any atom is -0.492 e. The van der Waals surface area contributed by atoms with Gasteiger partial charge >= 0.3 is 0 Å². The first-order chi connectivity index (χ1) is 9.79. The molecule has 0 saturated carbocycles. The highest BCUT2D eigenvalue weighted by Gasteiger charge is 2.25. The van der Waals surface area contributed by atoms with Crippen LogP contribution in [0.2, 0.25) is 0 Å². The third-order valence-corrected chi connectivity index (χ3v) is 3.66. The molecule has 1 unspecified atom stereocenters. The zero-order valence-electron chi connectivity index (χ0n) is 10.9. The molecule has 4 heteroatoms. The zero-order chi connectivity index (χ0) is 13.5. The van der Waals surface area contributed by atoms with Crippen molar-refractivity contribution in [2.45, 2.75) is 12.3 Å². The van der Waals surface area contributed by atoms with Gasteiger partial charge in [0.15, 0.2) is 5.58 Å². The summed E-state index contributed by atoms with van der Waals surface area (Å²) in [6, 6.07) is 13.6. The van der Waals surface area contributed by atoms with E-state index in [1.54, 1.807) is 0 Å². The molecule has 0 fully saturated rings. The molecule has 0 bridgehead atoms. The molecular weight excluding hydrogens is 252 g/mol. The number of anilines is 1. The number of oxazole rings is 1. The summed E-state index contributed by atoms with van der Waals surface area (Å²) < 4.78 is 11.6. The van der Waals surface area contributed by atoms with E-state index in [-0.39, 0.29) is 5.92 Å². The second-order valence-electron chi connectivity index (χ2n) is 5.10. The first kappa shape index (κ1) is 11.3. The van der Waals surface area contributed by atoms with Gasteiger partial charge in [0, 0.05) is 11.8 Å². The van der Waals surface area contributed by atoms with Gasteiger partial charge in [-0.05, 0) is 30.2 Å². The lowest BCUT2D eigenvalue weighted by atomic mass is 9.97. The lowest BCUT2D eigenvalue weighted by Gasteiger charge is -2.22. The summed E-state index contributed by atoms with van der Waals surface area (Å²) in [5.74, 6) is 1.84. The van der Waals surface area contributed by atoms with Crippen LogP contribution < -0.4 is 10.5 Å². The normalized spacial score (nSPS) is 17.7. The molecule has 2 aromatic carbocycles. The number of nitrogens with zero attached hydrogens (tertiary/aromatic N) is 1. The second kappa shape index (κ2) is 4.27. The molecule has 1 aliphatic rings. The monoisotopic (exact) mass is 266 g/mol. The van der Waals surface area contributed by atoms with Crippen molar-refractivity contribution < 1.29 is 9.15 Å². The van der Waals surface area contributed by atoms with Crippen molar-refractivity contribution >= 4 is 16.8 Å². The summed E-state index contributed by atoms with van der Waals surface area (Å²) in [5.41, 5.74) is 9.22. The highest BCUT2D eigenvalue weighted by atomic mass is 16.5. The molecule has 20 heavy (non-hydrogen) atoms. The van der Waals surface area contributed by atoms with E-state index in [1.165, 1.54) is 5.56 Å². The summed E-state index contributed by atoms with van der Waals surface area (Å²) in [5, 5.41) is 0. The Kier molecular flexibility index (Phi) is 2.42. The fourth-order valence-electron chi connectivity index (χ4n) is 2.62. The van der Waals surface area contributed by atoms with E-state index in [1.807, 2.05) is 36.4 Å². The number of nitrogens with two attached hydrogens (primary N) is 1. The van der Waals surface area contributed by atoms with Crippen LogP contribution in [0.4, 0.5) is 5.69 Å². The van der Waals surface area contributed by atoms with Gasteiger partial charge in [-0.2, -0.15) is 0 Å². The van der Waals surface area contributed by atoms with E-state index in [2.05, 4.69) is 11.1 Å². The Morgan fingerprint density at radius 2 is 2.05 bits per heavy atom. The van der Waals surface area contributed by atoms with E-state index < -0.39 is 0 Å². The Morgan fingerprint density at radius 3 is 3.00 bits per heavy atom. The van der Waals surface area contributed by atoms with Crippen LogP contribution in [0.5, 0.6) is 5.75 Å². The number of nitrogen functional groups attached to an aromatic ring is 1. The first-order valence-electron chi connectivity index (χ1n) is 6.66. The summed E-state index contributed by atoms with van der Waals surface area (Å²) >= 11 is 0. The van der Waals surface area contributed by atoms with Gasteiger partial charge in [-0.1, -0.05) is 18.2 Å². The minimum absolute atomic E-state index is 0.151. The molecule has 2 heterocycles. The maximum absolute atomic E-state index is 5.83. The predicted molar refractivity (Wildman–Crippen MR) is 76.8 cm³/mol. The Bertz CT molecular complexity index is 779. The van der Waals surface area contributed by atoms with E-state index >= 15 is 0 Å². The fraction of sp³-hybridized carbons (Fsp3) is 0.188. The SMILES string of the molecule is Nc1ccc2nc(C3COc4ccccc4C3)oc2c1. The number of aromatic nitrogens is 1. The van der Waals surface area contributed by atoms with Gasteiger partial charge in [0.1, 0.15) is 17.9 Å². The summed E-state index contributed by atoms with van der Waals surface area (Å²) in [4.78, 5) is 4.55. The van der Waals surface area contributed by atoms with Crippen molar-refractivity contribution in [1.29, 1.82) is 0 Å². The molecule has 0 saturated heterocycles. The van der Waals surface area contributed by atoms with Gasteiger partial charge in [-0.3, -0.25) is 0 Å². The van der Waals surface area contributed by atoms with Gasteiger partial charge in [-0.15, -0.1) is 0 Å². The minimum atomic E-state index is 0.151. The van der Waals surface area contributed by atoms with Crippen LogP contribution in [0.15, 0.2) is 46.9 Å². The Hall–Kier alpha value is -2.49. The van der Waals surface area contributed by atoms with Gasteiger partial charge < -0.3 is 14.9 Å². The molecule has 0 amide bonds. The lowest BCUT2D eigenvalue weighted by Crippen LogP contribution is -2.19. The Balaban J connectivity index is 1.70. The molecule has 4 rings (SSSR count). The third kappa shape index (κ3) is 1.81. The molecule has 0 radical (unpaired) electrons. The van der Waals surface area contributed by atoms with Crippen LogP contribution in [-0.2, 0) is 6.42 Å². The number of hydrogen-bond acceptors (Lipinski definition) is 4. The maximum atomic E-state index is 5.83. The molecule has 3 aromatic rings. The Labute approximate surface area is 116 Å². The average molecular weight is 266 g/mol. The van der Waals surface area contributed by atoms with Crippen molar-refractivity contribution in [1.82, 2.24) is 4.98 Å². The zero-order valence-corrected chi connectivity index (χ0v) is 10.9. The van der Waals surface area contributed by atoms with Crippen molar-refractivity contribution in [3.05, 3.63) is 53.9 Å². The Morgan fingerprint density at radius 1 is 1.15 bits per heavy atom. The maximum Gasteiger partial charge on any atom is 0.202 e. The van der Waals surface area contributed by atoms with Crippen molar-refractivity contribution in [3.63, 3.8) is 0 Å². The molecule has 1 aromatic heterocycles. The van der Waals surface area contributed by atoms with Crippen molar-refractivity contribution in [3.8, 4) is 5.75 Å². The van der Waals surface area contributed by atoms with Crippen LogP contribution in [0, 0.1) is 0 Å². The summed E-state index contributed by atoms with van der Waals surface area (Å²) in [6.07, 6.45) is 0.887. The number of ether oxygens (including phenoxy) is 1. The largest absolute Gasteiger partial charge is 0.492 e. The third-order valence-electron chi connectivity index (χ3n) is 3.66. The lowest BCUT2D eigenvalue weighted by molar-refractivity contribution is 0.243. The molecule has 4 nitrogen and oxygen atoms in total. The summed E-state index contributed by atoms with van der Waals surface area (Å²) in [7, 11) is 0. The fourth-order valence-corrected chi connectivity index (χ4v) is 2.62. The van der Waals surface area contributed by atoms with Crippen LogP contribution >= 0.6 is 0 Å². The number of rotatable bonds is 1. The molecular formula is C16H14N2O2. The van der Waals surface area contributed by atoms with Crippen LogP contribution in [0.1, 0.15) is 17.4 Å². The van der Waals surface area contributed by atoms with Crippen LogP contribution in [0.3, 0.4) is 0 Å². The summed E-state index contributed by atoms with van der Waals surface area (Å²) in [6.45, 7) is 0.597. The van der Waals surface area contributed by atoms with Crippen LogP contribution in [0.25, 0.3) is 11.1 Å². The van der Waals surface area contributed by atoms with Gasteiger partial charge in [0.25, 0.3) is 0 Å². The first-order valence-corrected chi connectivity index (χ1v) is 6.66. The van der Waals surface area contributed by atoms with Crippen molar-refractivity contribution in [2.75, 3.05) is 12.3 Å². The molecule has 0 spiro atoms. The van der Waals surface area contributed by atoms with Gasteiger partial charge in [-0.25, -0.2) is 4.98 Å². The molecule has 100 valence electrons. The number of benzene rings is 2. The molecule has 1 atom stereocenters. The average Bonchev–Trinajstić information content (AvgIpc) is 2.89. The van der Waals surface area contributed by atoms with E-state index in [0.717, 1.165) is 29.2 Å². The molecule has 1 aliphatic heterocycles. The highest BCUT2D eigenvalue weighted by Crippen LogP contribution is 2.33. The quantitative estimate of drug-likeness (QED) is 0.687. The smallest absolute Gasteiger partial charge is 0.202 e.